The van der Waals surface area contributed by atoms with Crippen LogP contribution in [0.1, 0.15) is 54.0 Å². The molecule has 12 heteroatoms. The molecule has 1 saturated heterocycles. The molecule has 32 heavy (non-hydrogen) atoms. The molecule has 2 fully saturated rings. The van der Waals surface area contributed by atoms with Crippen molar-refractivity contribution in [1.29, 1.82) is 0 Å². The van der Waals surface area contributed by atoms with Crippen LogP contribution in [0.25, 0.3) is 0 Å². The van der Waals surface area contributed by atoms with Gasteiger partial charge in [0.2, 0.25) is 5.89 Å². The van der Waals surface area contributed by atoms with Gasteiger partial charge >= 0.3 is 6.18 Å². The van der Waals surface area contributed by atoms with Crippen LogP contribution < -0.4 is 10.1 Å². The Hall–Kier alpha value is -2.76. The van der Waals surface area contributed by atoms with Crippen LogP contribution in [0.15, 0.2) is 16.8 Å². The fraction of sp³-hybridized carbons (Fsp3) is 0.600. The third-order valence-corrected chi connectivity index (χ3v) is 5.44. The third-order valence-electron chi connectivity index (χ3n) is 5.44. The van der Waals surface area contributed by atoms with Crippen LogP contribution in [0.3, 0.4) is 0 Å². The fourth-order valence-electron chi connectivity index (χ4n) is 3.55. The van der Waals surface area contributed by atoms with Gasteiger partial charge in [-0.2, -0.15) is 18.2 Å². The van der Waals surface area contributed by atoms with E-state index in [1.165, 1.54) is 0 Å². The van der Waals surface area contributed by atoms with Crippen molar-refractivity contribution in [2.75, 3.05) is 19.8 Å². The van der Waals surface area contributed by atoms with Crippen LogP contribution in [0.4, 0.5) is 17.6 Å². The van der Waals surface area contributed by atoms with E-state index >= 15 is 0 Å². The molecule has 1 saturated carbocycles. The molecule has 0 spiro atoms. The Kier molecular flexibility index (Phi) is 5.60. The molecule has 1 N–H and O–H groups in total. The summed E-state index contributed by atoms with van der Waals surface area (Å²) in [5.74, 6) is -0.0956. The summed E-state index contributed by atoms with van der Waals surface area (Å²) >= 11 is 0. The number of pyridine rings is 1. The molecule has 8 nitrogen and oxygen atoms in total. The number of rotatable bonds is 8. The van der Waals surface area contributed by atoms with Crippen molar-refractivity contribution < 1.29 is 36.4 Å². The van der Waals surface area contributed by atoms with Gasteiger partial charge in [-0.3, -0.25) is 9.78 Å². The number of halogens is 4. The molecule has 0 bridgehead atoms. The first kappa shape index (κ1) is 22.4. The van der Waals surface area contributed by atoms with Crippen LogP contribution in [-0.4, -0.2) is 47.0 Å². The van der Waals surface area contributed by atoms with Crippen molar-refractivity contribution in [3.63, 3.8) is 0 Å². The Labute approximate surface area is 180 Å². The summed E-state index contributed by atoms with van der Waals surface area (Å²) in [7, 11) is 0. The molecule has 0 unspecified atom stereocenters. The second kappa shape index (κ2) is 7.98. The zero-order valence-electron chi connectivity index (χ0n) is 17.5. The molecule has 2 aliphatic rings. The highest BCUT2D eigenvalue weighted by atomic mass is 19.4. The van der Waals surface area contributed by atoms with Crippen molar-refractivity contribution in [3.05, 3.63) is 35.2 Å². The van der Waals surface area contributed by atoms with Gasteiger partial charge in [-0.05, 0) is 19.3 Å². The van der Waals surface area contributed by atoms with Crippen molar-refractivity contribution in [2.45, 2.75) is 50.5 Å². The molecule has 2 aromatic heterocycles. The van der Waals surface area contributed by atoms with Gasteiger partial charge in [-0.15, -0.1) is 0 Å². The SMILES string of the molecule is Cc1nc([C@](C)(CC2CC2)NC(=O)c2cc(OCC(F)(F)F)c(C3(F)COC3)cn2)no1. The molecule has 1 aliphatic carbocycles. The van der Waals surface area contributed by atoms with Crippen LogP contribution in [0.5, 0.6) is 5.75 Å². The average Bonchev–Trinajstić information content (AvgIpc) is 3.39. The van der Waals surface area contributed by atoms with E-state index in [0.717, 1.165) is 25.1 Å². The molecule has 2 aromatic rings. The van der Waals surface area contributed by atoms with Gasteiger partial charge in [-0.1, -0.05) is 18.0 Å². The zero-order valence-corrected chi connectivity index (χ0v) is 17.5. The van der Waals surface area contributed by atoms with E-state index in [1.807, 2.05) is 0 Å². The lowest BCUT2D eigenvalue weighted by atomic mass is 9.93. The zero-order chi connectivity index (χ0) is 23.1. The number of nitrogens with zero attached hydrogens (tertiary/aromatic N) is 3. The van der Waals surface area contributed by atoms with E-state index in [1.54, 1.807) is 13.8 Å². The highest BCUT2D eigenvalue weighted by Gasteiger charge is 2.45. The Morgan fingerprint density at radius 3 is 2.59 bits per heavy atom. The summed E-state index contributed by atoms with van der Waals surface area (Å²) in [5.41, 5.74) is -3.42. The summed E-state index contributed by atoms with van der Waals surface area (Å²) in [5, 5.41) is 6.73. The minimum absolute atomic E-state index is 0.195. The molecular formula is C20H22F4N4O4. The number of nitrogens with one attached hydrogen (secondary N) is 1. The number of hydrogen-bond donors (Lipinski definition) is 1. The van der Waals surface area contributed by atoms with Gasteiger partial charge in [-0.25, -0.2) is 4.39 Å². The number of amides is 1. The Bertz CT molecular complexity index is 1000. The number of alkyl halides is 4. The smallest absolute Gasteiger partial charge is 0.422 e. The maximum Gasteiger partial charge on any atom is 0.422 e. The largest absolute Gasteiger partial charge is 0.484 e. The van der Waals surface area contributed by atoms with E-state index < -0.39 is 35.6 Å². The maximum atomic E-state index is 14.8. The second-order valence-corrected chi connectivity index (χ2v) is 8.50. The van der Waals surface area contributed by atoms with Gasteiger partial charge in [0, 0.05) is 19.2 Å². The minimum Gasteiger partial charge on any atom is -0.484 e. The minimum atomic E-state index is -4.64. The molecule has 1 aliphatic heterocycles. The summed E-state index contributed by atoms with van der Waals surface area (Å²) in [6.07, 6.45) is -1.06. The van der Waals surface area contributed by atoms with Crippen LogP contribution >= 0.6 is 0 Å². The number of hydrogen-bond acceptors (Lipinski definition) is 7. The topological polar surface area (TPSA) is 99.4 Å². The lowest BCUT2D eigenvalue weighted by Crippen LogP contribution is -2.45. The monoisotopic (exact) mass is 458 g/mol. The first-order valence-electron chi connectivity index (χ1n) is 10.1. The molecular weight excluding hydrogens is 436 g/mol. The number of aromatic nitrogens is 3. The predicted molar refractivity (Wildman–Crippen MR) is 101 cm³/mol. The van der Waals surface area contributed by atoms with Crippen LogP contribution in [-0.2, 0) is 15.9 Å². The normalized spacial score (nSPS) is 19.7. The molecule has 4 rings (SSSR count). The summed E-state index contributed by atoms with van der Waals surface area (Å²) in [6, 6.07) is 1.01. The first-order chi connectivity index (χ1) is 15.0. The van der Waals surface area contributed by atoms with Crippen LogP contribution in [0.2, 0.25) is 0 Å². The Balaban J connectivity index is 1.60. The van der Waals surface area contributed by atoms with Crippen molar-refractivity contribution in [3.8, 4) is 5.75 Å². The molecule has 0 aromatic carbocycles. The van der Waals surface area contributed by atoms with Gasteiger partial charge in [0.15, 0.2) is 18.1 Å². The van der Waals surface area contributed by atoms with Gasteiger partial charge in [0.05, 0.1) is 18.8 Å². The first-order valence-corrected chi connectivity index (χ1v) is 10.1. The predicted octanol–water partition coefficient (Wildman–Crippen LogP) is 3.35. The van der Waals surface area contributed by atoms with Crippen molar-refractivity contribution >= 4 is 5.91 Å². The Morgan fingerprint density at radius 2 is 2.06 bits per heavy atom. The Morgan fingerprint density at radius 1 is 1.34 bits per heavy atom. The lowest BCUT2D eigenvalue weighted by molar-refractivity contribution is -0.156. The fourth-order valence-corrected chi connectivity index (χ4v) is 3.55. The summed E-state index contributed by atoms with van der Waals surface area (Å²) in [6.45, 7) is 1.06. The number of carbonyl (C=O) groups excluding carboxylic acids is 1. The summed E-state index contributed by atoms with van der Waals surface area (Å²) in [4.78, 5) is 21.2. The molecule has 1 atom stereocenters. The molecule has 3 heterocycles. The van der Waals surface area contributed by atoms with Crippen molar-refractivity contribution in [1.82, 2.24) is 20.4 Å². The standard InChI is InChI=1S/C20H22F4N4O4/c1-11-26-17(28-32-11)18(2,6-12-3-4-12)27-16(29)14-5-15(31-10-20(22,23)24)13(7-25-14)19(21)8-30-9-19/h5,7,12H,3-4,6,8-10H2,1-2H3,(H,27,29)/t18-/m0/s1. The third kappa shape index (κ3) is 4.84. The molecule has 0 radical (unpaired) electrons. The molecule has 1 amide bonds. The lowest BCUT2D eigenvalue weighted by Gasteiger charge is -2.35. The maximum absolute atomic E-state index is 14.8. The highest BCUT2D eigenvalue weighted by molar-refractivity contribution is 5.93. The van der Waals surface area contributed by atoms with E-state index in [9.17, 15) is 22.4 Å². The van der Waals surface area contributed by atoms with Gasteiger partial charge < -0.3 is 19.3 Å². The quantitative estimate of drug-likeness (QED) is 0.606. The van der Waals surface area contributed by atoms with Gasteiger partial charge in [0.1, 0.15) is 17.0 Å². The number of ether oxygens (including phenoxy) is 2. The van der Waals surface area contributed by atoms with E-state index in [0.29, 0.717) is 18.2 Å². The van der Waals surface area contributed by atoms with Crippen LogP contribution in [0, 0.1) is 12.8 Å². The summed E-state index contributed by atoms with van der Waals surface area (Å²) < 4.78 is 67.7. The van der Waals surface area contributed by atoms with Crippen molar-refractivity contribution in [2.24, 2.45) is 5.92 Å². The number of carbonyl (C=O) groups is 1. The van der Waals surface area contributed by atoms with Gasteiger partial charge in [0.25, 0.3) is 5.91 Å². The van der Waals surface area contributed by atoms with E-state index in [2.05, 4.69) is 20.4 Å². The highest BCUT2D eigenvalue weighted by Crippen LogP contribution is 2.41. The second-order valence-electron chi connectivity index (χ2n) is 8.50. The van der Waals surface area contributed by atoms with E-state index in [-0.39, 0.29) is 30.3 Å². The van der Waals surface area contributed by atoms with E-state index in [4.69, 9.17) is 14.0 Å². The average molecular weight is 458 g/mol. The molecule has 174 valence electrons. The number of aryl methyl sites for hydroxylation is 1.